The lowest BCUT2D eigenvalue weighted by molar-refractivity contribution is 0.841. The first-order valence-corrected chi connectivity index (χ1v) is 2.41. The molecule has 0 saturated carbocycles. The summed E-state index contributed by atoms with van der Waals surface area (Å²) in [6.07, 6.45) is 2.41. The molecule has 0 aromatic heterocycles. The molecule has 0 amide bonds. The van der Waals surface area contributed by atoms with Crippen molar-refractivity contribution >= 4 is 0 Å². The second kappa shape index (κ2) is 3.20. The zero-order valence-electron chi connectivity index (χ0n) is 4.62. The van der Waals surface area contributed by atoms with Gasteiger partial charge in [-0.15, -0.1) is 0 Å². The van der Waals surface area contributed by atoms with Crippen molar-refractivity contribution in [1.82, 2.24) is 0 Å². The average molecular weight is 84.2 g/mol. The molecule has 0 heteroatoms. The highest BCUT2D eigenvalue weighted by Gasteiger charge is 1.86. The van der Waals surface area contributed by atoms with E-state index in [0.717, 1.165) is 0 Å². The third kappa shape index (κ3) is 4.00. The van der Waals surface area contributed by atoms with Gasteiger partial charge in [-0.2, -0.15) is 0 Å². The summed E-state index contributed by atoms with van der Waals surface area (Å²) in [5, 5.41) is 0. The van der Waals surface area contributed by atoms with Gasteiger partial charge in [-0.3, -0.25) is 0 Å². The molecule has 0 aliphatic carbocycles. The molecule has 36 valence electrons. The maximum atomic E-state index is 3.74. The highest BCUT2D eigenvalue weighted by molar-refractivity contribution is 4.85. The van der Waals surface area contributed by atoms with Gasteiger partial charge < -0.3 is 0 Å². The zero-order chi connectivity index (χ0) is 4.99. The van der Waals surface area contributed by atoms with Crippen LogP contribution in [0.1, 0.15) is 26.7 Å². The Balaban J connectivity index is 2.63. The summed E-state index contributed by atoms with van der Waals surface area (Å²) in [5.41, 5.74) is 0. The van der Waals surface area contributed by atoms with Gasteiger partial charge in [0.1, 0.15) is 0 Å². The summed E-state index contributed by atoms with van der Waals surface area (Å²) in [6, 6.07) is 0. The maximum absolute atomic E-state index is 3.74. The van der Waals surface area contributed by atoms with Crippen LogP contribution < -0.4 is 0 Å². The minimum absolute atomic E-state index is 1.18. The third-order valence-electron chi connectivity index (χ3n) is 0.677. The Labute approximate surface area is 40.6 Å². The molecule has 0 rings (SSSR count). The van der Waals surface area contributed by atoms with Gasteiger partial charge in [-0.25, -0.2) is 0 Å². The molecule has 0 aromatic rings. The van der Waals surface area contributed by atoms with Crippen molar-refractivity contribution in [3.8, 4) is 0 Å². The Kier molecular flexibility index (Phi) is 3.20. The van der Waals surface area contributed by atoms with E-state index < -0.39 is 0 Å². The molecule has 0 nitrogen and oxygen atoms in total. The van der Waals surface area contributed by atoms with E-state index in [0.29, 0.717) is 0 Å². The first-order chi connectivity index (χ1) is 2.77. The van der Waals surface area contributed by atoms with Gasteiger partial charge in [0, 0.05) is 0 Å². The number of rotatable bonds is 2. The number of hydrogen-bond donors (Lipinski definition) is 0. The lowest BCUT2D eigenvalue weighted by Gasteiger charge is -1.94. The van der Waals surface area contributed by atoms with E-state index in [1.807, 2.05) is 0 Å². The molecule has 0 fully saturated rings. The van der Waals surface area contributed by atoms with Crippen molar-refractivity contribution in [2.45, 2.75) is 26.7 Å². The van der Waals surface area contributed by atoms with Gasteiger partial charge in [-0.05, 0) is 19.3 Å². The standard InChI is InChI=1S/C6H12/c1-4-5-6(2)3/h2,4-5H2,1,3H3. The minimum atomic E-state index is 1.18. The lowest BCUT2D eigenvalue weighted by Crippen LogP contribution is -1.79. The Bertz CT molecular complexity index is 21.2. The van der Waals surface area contributed by atoms with Crippen molar-refractivity contribution in [2.24, 2.45) is 0 Å². The second-order valence-corrected chi connectivity index (χ2v) is 1.71. The van der Waals surface area contributed by atoms with Crippen molar-refractivity contribution in [3.63, 3.8) is 0 Å². The molecule has 2 radical (unpaired) electrons. The molecule has 0 aromatic carbocycles. The normalized spacial score (nSPS) is 10.0. The van der Waals surface area contributed by atoms with E-state index in [1.54, 1.807) is 0 Å². The quantitative estimate of drug-likeness (QED) is 0.481. The van der Waals surface area contributed by atoms with Gasteiger partial charge in [0.05, 0.1) is 0 Å². The molecule has 0 spiro atoms. The van der Waals surface area contributed by atoms with Gasteiger partial charge in [0.25, 0.3) is 0 Å². The molecular weight excluding hydrogens is 72.1 g/mol. The summed E-state index contributed by atoms with van der Waals surface area (Å²) in [5.74, 6) is 1.29. The van der Waals surface area contributed by atoms with E-state index in [4.69, 9.17) is 0 Å². The number of hydrogen-bond acceptors (Lipinski definition) is 0. The SMILES string of the molecule is [CH2][C](C)CCC. The van der Waals surface area contributed by atoms with Gasteiger partial charge >= 0.3 is 0 Å². The van der Waals surface area contributed by atoms with E-state index in [9.17, 15) is 0 Å². The van der Waals surface area contributed by atoms with Crippen LogP contribution in [0.2, 0.25) is 0 Å². The van der Waals surface area contributed by atoms with E-state index in [1.165, 1.54) is 18.8 Å². The van der Waals surface area contributed by atoms with Gasteiger partial charge in [0.2, 0.25) is 0 Å². The summed E-state index contributed by atoms with van der Waals surface area (Å²) < 4.78 is 0. The Morgan fingerprint density at radius 1 is 1.67 bits per heavy atom. The molecule has 0 aliphatic heterocycles. The Morgan fingerprint density at radius 3 is 2.17 bits per heavy atom. The first kappa shape index (κ1) is 6.00. The van der Waals surface area contributed by atoms with Gasteiger partial charge in [-0.1, -0.05) is 20.3 Å². The molecule has 0 unspecified atom stereocenters. The molecular formula is C6H12. The fourth-order valence-corrected chi connectivity index (χ4v) is 0.427. The summed E-state index contributed by atoms with van der Waals surface area (Å²) in [7, 11) is 0. The molecule has 0 atom stereocenters. The maximum Gasteiger partial charge on any atom is -0.0272 e. The summed E-state index contributed by atoms with van der Waals surface area (Å²) in [6.45, 7) is 7.97. The van der Waals surface area contributed by atoms with Crippen molar-refractivity contribution in [3.05, 3.63) is 12.8 Å². The molecule has 0 heterocycles. The summed E-state index contributed by atoms with van der Waals surface area (Å²) >= 11 is 0. The molecule has 0 N–H and O–H groups in total. The largest absolute Gasteiger partial charge is 0.0654 e. The molecule has 6 heavy (non-hydrogen) atoms. The van der Waals surface area contributed by atoms with Crippen LogP contribution in [0.4, 0.5) is 0 Å². The van der Waals surface area contributed by atoms with Crippen LogP contribution in [0.15, 0.2) is 0 Å². The highest BCUT2D eigenvalue weighted by atomic mass is 13.9. The van der Waals surface area contributed by atoms with Crippen molar-refractivity contribution in [2.75, 3.05) is 0 Å². The molecule has 0 bridgehead atoms. The van der Waals surface area contributed by atoms with Crippen molar-refractivity contribution in [1.29, 1.82) is 0 Å². The zero-order valence-corrected chi connectivity index (χ0v) is 4.62. The monoisotopic (exact) mass is 84.1 g/mol. The van der Waals surface area contributed by atoms with Crippen LogP contribution in [-0.4, -0.2) is 0 Å². The van der Waals surface area contributed by atoms with E-state index >= 15 is 0 Å². The first-order valence-electron chi connectivity index (χ1n) is 2.41. The fraction of sp³-hybridized carbons (Fsp3) is 0.667. The van der Waals surface area contributed by atoms with Crippen LogP contribution in [-0.2, 0) is 0 Å². The van der Waals surface area contributed by atoms with Crippen LogP contribution >= 0.6 is 0 Å². The third-order valence-corrected chi connectivity index (χ3v) is 0.677. The van der Waals surface area contributed by atoms with E-state index in [-0.39, 0.29) is 0 Å². The van der Waals surface area contributed by atoms with Crippen LogP contribution in [0, 0.1) is 12.8 Å². The minimum Gasteiger partial charge on any atom is -0.0654 e. The smallest absolute Gasteiger partial charge is 0.0272 e. The lowest BCUT2D eigenvalue weighted by atomic mass is 10.1. The predicted molar refractivity (Wildman–Crippen MR) is 29.2 cm³/mol. The van der Waals surface area contributed by atoms with E-state index in [2.05, 4.69) is 20.8 Å². The Morgan fingerprint density at radius 2 is 2.17 bits per heavy atom. The molecule has 0 saturated heterocycles. The second-order valence-electron chi connectivity index (χ2n) is 1.71. The average Bonchev–Trinajstić information content (AvgIpc) is 1.35. The summed E-state index contributed by atoms with van der Waals surface area (Å²) in [4.78, 5) is 0. The Hall–Kier alpha value is 0. The highest BCUT2D eigenvalue weighted by Crippen LogP contribution is 2.02. The topological polar surface area (TPSA) is 0 Å². The van der Waals surface area contributed by atoms with Crippen LogP contribution in [0.25, 0.3) is 0 Å². The van der Waals surface area contributed by atoms with Crippen molar-refractivity contribution < 1.29 is 0 Å². The molecule has 0 aliphatic rings. The van der Waals surface area contributed by atoms with Crippen LogP contribution in [0.5, 0.6) is 0 Å². The van der Waals surface area contributed by atoms with Gasteiger partial charge in [0.15, 0.2) is 0 Å². The fourth-order valence-electron chi connectivity index (χ4n) is 0.427. The predicted octanol–water partition coefficient (Wildman–Crippen LogP) is 2.21. The van der Waals surface area contributed by atoms with Crippen LogP contribution in [0.3, 0.4) is 0 Å².